The first-order valence-corrected chi connectivity index (χ1v) is 34.7. The summed E-state index contributed by atoms with van der Waals surface area (Å²) in [5, 5.41) is 19.6. The number of para-hydroxylation sites is 1. The number of carbonyl (C=O) groups excluding carboxylic acids is 13. The molecule has 0 aliphatic rings. The molecule has 2 heterocycles. The molecule has 6 aromatic rings. The van der Waals surface area contributed by atoms with Crippen LogP contribution in [0.5, 0.6) is 5.75 Å². The van der Waals surface area contributed by atoms with E-state index in [1.54, 1.807) is 30.3 Å². The number of thiophene rings is 1. The molecule has 6 rings (SSSR count). The van der Waals surface area contributed by atoms with Gasteiger partial charge in [0.05, 0.1) is 49.8 Å². The zero-order valence-corrected chi connectivity index (χ0v) is 61.6. The van der Waals surface area contributed by atoms with Crippen molar-refractivity contribution in [2.24, 2.45) is 17.2 Å². The summed E-state index contributed by atoms with van der Waals surface area (Å²) in [6.45, 7) is -8.12. The Morgan fingerprint density at radius 2 is 1.07 bits per heavy atom. The molecule has 0 saturated carbocycles. The summed E-state index contributed by atoms with van der Waals surface area (Å²) in [6, 6.07) is 26.6. The number of nitro benzene ring substituents is 1. The fraction of sp³-hybridized carbons (Fsp3) is 0.358. The van der Waals surface area contributed by atoms with E-state index in [1.165, 1.54) is 68.9 Å². The molecule has 0 bridgehead atoms. The molecule has 0 aliphatic heterocycles. The number of non-ortho nitro benzene ring substituents is 1. The van der Waals surface area contributed by atoms with Crippen LogP contribution in [0.4, 0.5) is 21.0 Å². The third-order valence-corrected chi connectivity index (χ3v) is 17.0. The molecule has 39 nitrogen and oxygen atoms in total. The van der Waals surface area contributed by atoms with Crippen LogP contribution in [-0.2, 0) is 59.2 Å². The largest absolute Gasteiger partial charge is 0.497 e. The highest BCUT2D eigenvalue weighted by Crippen LogP contribution is 2.34. The summed E-state index contributed by atoms with van der Waals surface area (Å²) in [7, 11) is 3.75. The number of urea groups is 1. The van der Waals surface area contributed by atoms with Gasteiger partial charge in [-0.25, -0.2) is 45.3 Å². The Kier molecular flexibility index (Phi) is 33.5. The van der Waals surface area contributed by atoms with Crippen molar-refractivity contribution in [3.8, 4) is 27.0 Å². The van der Waals surface area contributed by atoms with E-state index in [0.717, 1.165) is 65.8 Å². The van der Waals surface area contributed by atoms with Gasteiger partial charge >= 0.3 is 17.9 Å². The molecule has 0 saturated heterocycles. The van der Waals surface area contributed by atoms with E-state index in [4.69, 9.17) is 35.8 Å². The first-order chi connectivity index (χ1) is 51.6. The lowest BCUT2D eigenvalue weighted by molar-refractivity contribution is -0.384. The highest BCUT2D eigenvalue weighted by Gasteiger charge is 2.34. The zero-order valence-electron chi connectivity index (χ0n) is 59.2. The van der Waals surface area contributed by atoms with E-state index < -0.39 is 152 Å². The second kappa shape index (κ2) is 42.7. The number of nitro groups is 1. The number of carbonyl (C=O) groups is 13. The number of rotatable bonds is 37. The summed E-state index contributed by atoms with van der Waals surface area (Å²) in [5.41, 5.74) is 25.7. The van der Waals surface area contributed by atoms with Gasteiger partial charge in [-0.3, -0.25) is 73.7 Å². The molecule has 578 valence electrons. The van der Waals surface area contributed by atoms with Crippen molar-refractivity contribution in [2.45, 2.75) is 39.2 Å². The van der Waals surface area contributed by atoms with Crippen LogP contribution in [0, 0.1) is 10.1 Å². The van der Waals surface area contributed by atoms with E-state index in [2.05, 4.69) is 42.6 Å². The Morgan fingerprint density at radius 1 is 0.583 bits per heavy atom. The Labute approximate surface area is 629 Å². The van der Waals surface area contributed by atoms with Crippen LogP contribution in [0.2, 0.25) is 0 Å². The lowest BCUT2D eigenvalue weighted by Gasteiger charge is -2.32. The smallest absolute Gasteiger partial charge is 0.437 e. The van der Waals surface area contributed by atoms with Gasteiger partial charge in [-0.15, -0.1) is 16.4 Å². The number of aromatic nitrogens is 2. The Hall–Kier alpha value is -12.2. The van der Waals surface area contributed by atoms with Gasteiger partial charge < -0.3 is 60.7 Å². The van der Waals surface area contributed by atoms with Gasteiger partial charge in [0.25, 0.3) is 47.0 Å². The maximum absolute atomic E-state index is 14.9. The molecular weight excluding hydrogens is 1500 g/mol. The van der Waals surface area contributed by atoms with Crippen LogP contribution in [0.1, 0.15) is 53.3 Å². The third-order valence-electron chi connectivity index (χ3n) is 15.3. The molecule has 0 atom stereocenters. The molecule has 0 fully saturated rings. The minimum absolute atomic E-state index is 0.0581. The topological polar surface area (TPSA) is 505 Å². The number of hydrazine groups is 4. The molecule has 11 N–H and O–H groups in total. The van der Waals surface area contributed by atoms with Crippen molar-refractivity contribution < 1.29 is 85.9 Å². The van der Waals surface area contributed by atoms with Crippen LogP contribution in [0.25, 0.3) is 21.2 Å². The monoisotopic (exact) mass is 1580 g/mol. The Bertz CT molecular complexity index is 4200. The SMILES string of the molecule is CCOC(=O)NN(CC(=O)N(CC(=O)N(CCOC)CC(=O)N(CCCCN)CC(=O)N(CCCCN)CC(N)=O)NC(=O)c1ccc([N+](=O)[O-])cc1)C(=O)CN(NC(=O)c1ccc(OC)cc1)C(=O)CN(NC(=O)Nc1ccccc1)C(=O)CN(C)C(=O)Cn1nc(-c2ccc(-c3ccc(Br)cc3)s2)oc1=O. The number of anilines is 1. The average molecular weight is 1590 g/mol. The first-order valence-electron chi connectivity index (χ1n) is 33.1. The third kappa shape index (κ3) is 26.7. The highest BCUT2D eigenvalue weighted by molar-refractivity contribution is 9.10. The van der Waals surface area contributed by atoms with Gasteiger partial charge in [0.2, 0.25) is 29.5 Å². The van der Waals surface area contributed by atoms with Crippen molar-refractivity contribution in [2.75, 3.05) is 125 Å². The van der Waals surface area contributed by atoms with Gasteiger partial charge in [0.15, 0.2) is 0 Å². The number of methoxy groups -OCH3 is 2. The molecule has 2 aromatic heterocycles. The van der Waals surface area contributed by atoms with Crippen molar-refractivity contribution in [1.29, 1.82) is 0 Å². The minimum atomic E-state index is -1.48. The fourth-order valence-corrected chi connectivity index (χ4v) is 10.8. The van der Waals surface area contributed by atoms with Crippen LogP contribution < -0.4 is 54.7 Å². The number of nitrogens with zero attached hydrogens (tertiary/aromatic N) is 11. The van der Waals surface area contributed by atoms with Crippen molar-refractivity contribution in [3.63, 3.8) is 0 Å². The number of unbranched alkanes of at least 4 members (excludes halogenated alkanes) is 2. The summed E-state index contributed by atoms with van der Waals surface area (Å²) < 4.78 is 22.4. The summed E-state index contributed by atoms with van der Waals surface area (Å²) in [4.78, 5) is 213. The lowest BCUT2D eigenvalue weighted by Crippen LogP contribution is -2.61. The summed E-state index contributed by atoms with van der Waals surface area (Å²) >= 11 is 4.65. The second-order valence-electron chi connectivity index (χ2n) is 23.2. The molecular formula is C67H82BrN19O20S. The van der Waals surface area contributed by atoms with E-state index in [9.17, 15) is 77.2 Å². The number of hydrogen-bond donors (Lipinski definition) is 8. The van der Waals surface area contributed by atoms with Crippen LogP contribution in [0.15, 0.2) is 129 Å². The maximum Gasteiger partial charge on any atom is 0.437 e. The number of hydrogen-bond acceptors (Lipinski definition) is 24. The lowest BCUT2D eigenvalue weighted by atomic mass is 10.2. The van der Waals surface area contributed by atoms with Crippen molar-refractivity contribution >= 4 is 116 Å². The number of halogens is 1. The average Bonchev–Trinajstić information content (AvgIpc) is 1.62. The number of ether oxygens (including phenoxy) is 3. The molecule has 0 radical (unpaired) electrons. The molecule has 0 aliphatic carbocycles. The van der Waals surface area contributed by atoms with E-state index >= 15 is 0 Å². The Morgan fingerprint density at radius 3 is 1.59 bits per heavy atom. The van der Waals surface area contributed by atoms with Gasteiger partial charge in [0.1, 0.15) is 45.0 Å². The number of likely N-dealkylation sites (N-methyl/N-ethyl adjacent to an activating group) is 1. The fourth-order valence-electron chi connectivity index (χ4n) is 9.62. The standard InChI is InChI=1S/C67H82BrN19O20S/c1-5-106-66(100)77-85(43-60(95)82(73-62(97)45-17-23-49(24-18-45)87(102)103)40-57(92)81(33-34-104-3)38-56(91)80(32-12-10-30-70)37-55(90)79(35-53(71)88)31-11-9-29-69)61(96)41-83(74-63(98)46-19-25-50(105-4)26-20-46)59(94)42-84(76-65(99)72-48-13-7-6-8-14-48)58(93)36-78(2)54(89)39-86-67(101)107-64(75-86)52-28-27-51(108-52)44-15-21-47(68)22-16-44/h6-8,13-28H,5,9-12,29-43,69-70H2,1-4H3,(H2,71,88)(H,73,97)(H,74,98)(H,77,100)(H2,72,76,99). The second-order valence-corrected chi connectivity index (χ2v) is 25.2. The molecule has 0 unspecified atom stereocenters. The summed E-state index contributed by atoms with van der Waals surface area (Å²) in [6.07, 6.45) is 0.109. The van der Waals surface area contributed by atoms with E-state index in [1.807, 2.05) is 29.7 Å². The first kappa shape index (κ1) is 84.7. The predicted octanol–water partition coefficient (Wildman–Crippen LogP) is 0.867. The molecule has 4 aromatic carbocycles. The van der Waals surface area contributed by atoms with Crippen LogP contribution in [0.3, 0.4) is 0 Å². The van der Waals surface area contributed by atoms with E-state index in [-0.39, 0.29) is 85.8 Å². The van der Waals surface area contributed by atoms with Crippen molar-refractivity contribution in [1.82, 2.24) is 71.1 Å². The number of benzene rings is 4. The van der Waals surface area contributed by atoms with Gasteiger partial charge in [-0.05, 0) is 124 Å². The number of primary amides is 1. The highest BCUT2D eigenvalue weighted by atomic mass is 79.9. The Balaban J connectivity index is 1.32. The summed E-state index contributed by atoms with van der Waals surface area (Å²) in [5.74, 6) is -13.1. The molecule has 41 heteroatoms. The van der Waals surface area contributed by atoms with Crippen LogP contribution >= 0.6 is 27.3 Å². The van der Waals surface area contributed by atoms with Gasteiger partial charge in [-0.1, -0.05) is 46.3 Å². The van der Waals surface area contributed by atoms with Crippen LogP contribution in [-0.4, -0.2) is 251 Å². The molecule has 14 amide bonds. The van der Waals surface area contributed by atoms with Gasteiger partial charge in [-0.2, -0.15) is 4.68 Å². The maximum atomic E-state index is 14.9. The minimum Gasteiger partial charge on any atom is -0.497 e. The van der Waals surface area contributed by atoms with Crippen molar-refractivity contribution in [3.05, 3.63) is 152 Å². The molecule has 108 heavy (non-hydrogen) atoms. The van der Waals surface area contributed by atoms with Gasteiger partial charge in [0, 0.05) is 72.1 Å². The quantitative estimate of drug-likeness (QED) is 0.0152. The normalized spacial score (nSPS) is 10.7. The predicted molar refractivity (Wildman–Crippen MR) is 389 cm³/mol. The number of nitrogens with one attached hydrogen (secondary N) is 5. The van der Waals surface area contributed by atoms with E-state index in [0.29, 0.717) is 43.8 Å². The zero-order chi connectivity index (χ0) is 79.0. The molecule has 0 spiro atoms. The number of amides is 14. The number of nitrogens with two attached hydrogens (primary N) is 3.